The SMILES string of the molecule is COC(=O)C1=C(C(=O)NC2CC[C@H]3[C@@H]4CCC5N(C)C(=O)CC[C@]5(C)[C@@H]4CC[C@]23C)CCC1. The Morgan fingerprint density at radius 1 is 0.939 bits per heavy atom. The number of fused-ring (bicyclic) bond motifs is 5. The molecule has 33 heavy (non-hydrogen) atoms. The van der Waals surface area contributed by atoms with Crippen molar-refractivity contribution in [1.29, 1.82) is 0 Å². The molecule has 6 nitrogen and oxygen atoms in total. The third-order valence-electron chi connectivity index (χ3n) is 10.8. The van der Waals surface area contributed by atoms with Gasteiger partial charge >= 0.3 is 5.97 Å². The molecular weight excluding hydrogens is 416 g/mol. The lowest BCUT2D eigenvalue weighted by atomic mass is 9.47. The highest BCUT2D eigenvalue weighted by Crippen LogP contribution is 2.64. The summed E-state index contributed by atoms with van der Waals surface area (Å²) in [5.74, 6) is 1.89. The maximum atomic E-state index is 13.2. The average Bonchev–Trinajstić information content (AvgIpc) is 3.41. The summed E-state index contributed by atoms with van der Waals surface area (Å²) in [4.78, 5) is 39.8. The molecule has 182 valence electrons. The van der Waals surface area contributed by atoms with Crippen LogP contribution >= 0.6 is 0 Å². The molecule has 1 N–H and O–H groups in total. The number of amides is 2. The summed E-state index contributed by atoms with van der Waals surface area (Å²) in [6, 6.07) is 0.552. The van der Waals surface area contributed by atoms with E-state index in [1.54, 1.807) is 0 Å². The standard InChI is InChI=1S/C27H40N2O4/c1-26-14-12-20-18(8-11-22-27(20,2)15-13-23(30)29(22)3)19(26)9-10-21(26)28-24(31)16-6-5-7-17(16)25(32)33-4/h18-22H,5-15H2,1-4H3,(H,28,31)/t18-,19-,20+,21?,22?,26-,27+/m0/s1. The number of rotatable bonds is 3. The first-order chi connectivity index (χ1) is 15.7. The molecular formula is C27H40N2O4. The Kier molecular flexibility index (Phi) is 5.64. The van der Waals surface area contributed by atoms with E-state index in [4.69, 9.17) is 4.74 Å². The molecule has 1 aliphatic heterocycles. The van der Waals surface area contributed by atoms with Crippen LogP contribution in [-0.2, 0) is 19.1 Å². The van der Waals surface area contributed by atoms with E-state index in [0.717, 1.165) is 32.1 Å². The van der Waals surface area contributed by atoms with Crippen LogP contribution in [0.1, 0.15) is 84.5 Å². The molecule has 1 saturated heterocycles. The summed E-state index contributed by atoms with van der Waals surface area (Å²) in [6.07, 6.45) is 10.7. The van der Waals surface area contributed by atoms with Crippen LogP contribution in [0.5, 0.6) is 0 Å². The lowest BCUT2D eigenvalue weighted by molar-refractivity contribution is -0.157. The Hall–Kier alpha value is -1.85. The zero-order chi connectivity index (χ0) is 23.5. The Balaban J connectivity index is 1.34. The first-order valence-corrected chi connectivity index (χ1v) is 13.1. The molecule has 0 aromatic carbocycles. The Labute approximate surface area is 197 Å². The molecule has 7 atom stereocenters. The van der Waals surface area contributed by atoms with Crippen molar-refractivity contribution in [2.24, 2.45) is 28.6 Å². The quantitative estimate of drug-likeness (QED) is 0.652. The Bertz CT molecular complexity index is 897. The number of nitrogens with one attached hydrogen (secondary N) is 1. The average molecular weight is 457 g/mol. The fourth-order valence-electron chi connectivity index (χ4n) is 8.98. The molecule has 6 heteroatoms. The van der Waals surface area contributed by atoms with Crippen LogP contribution < -0.4 is 5.32 Å². The molecule has 2 amide bonds. The van der Waals surface area contributed by atoms with Crippen molar-refractivity contribution in [3.8, 4) is 0 Å². The van der Waals surface area contributed by atoms with Crippen LogP contribution in [-0.4, -0.2) is 48.9 Å². The molecule has 4 aliphatic carbocycles. The van der Waals surface area contributed by atoms with E-state index in [9.17, 15) is 14.4 Å². The van der Waals surface area contributed by atoms with Gasteiger partial charge in [0.15, 0.2) is 0 Å². The molecule has 0 radical (unpaired) electrons. The maximum Gasteiger partial charge on any atom is 0.334 e. The molecule has 0 spiro atoms. The van der Waals surface area contributed by atoms with Gasteiger partial charge in [-0.1, -0.05) is 13.8 Å². The number of ether oxygens (including phenoxy) is 1. The first-order valence-electron chi connectivity index (χ1n) is 13.1. The summed E-state index contributed by atoms with van der Waals surface area (Å²) in [5.41, 5.74) is 1.55. The van der Waals surface area contributed by atoms with Gasteiger partial charge in [-0.2, -0.15) is 0 Å². The van der Waals surface area contributed by atoms with Crippen LogP contribution in [0.25, 0.3) is 0 Å². The van der Waals surface area contributed by atoms with Gasteiger partial charge in [-0.3, -0.25) is 9.59 Å². The van der Waals surface area contributed by atoms with E-state index in [0.29, 0.717) is 60.1 Å². The molecule has 4 fully saturated rings. The number of carbonyl (C=O) groups excluding carboxylic acids is 3. The van der Waals surface area contributed by atoms with Gasteiger partial charge in [0.25, 0.3) is 0 Å². The van der Waals surface area contributed by atoms with Crippen LogP contribution in [0.2, 0.25) is 0 Å². The largest absolute Gasteiger partial charge is 0.466 e. The van der Waals surface area contributed by atoms with Gasteiger partial charge in [0.1, 0.15) is 0 Å². The van der Waals surface area contributed by atoms with Gasteiger partial charge < -0.3 is 15.0 Å². The number of hydrogen-bond acceptors (Lipinski definition) is 4. The third-order valence-corrected chi connectivity index (χ3v) is 10.8. The zero-order valence-electron chi connectivity index (χ0n) is 20.7. The van der Waals surface area contributed by atoms with E-state index < -0.39 is 0 Å². The molecule has 0 aromatic heterocycles. The number of nitrogens with zero attached hydrogens (tertiary/aromatic N) is 1. The smallest absolute Gasteiger partial charge is 0.334 e. The molecule has 1 heterocycles. The van der Waals surface area contributed by atoms with Crippen LogP contribution in [0, 0.1) is 28.6 Å². The van der Waals surface area contributed by atoms with Gasteiger partial charge in [-0.15, -0.1) is 0 Å². The highest BCUT2D eigenvalue weighted by atomic mass is 16.5. The first kappa shape index (κ1) is 22.9. The molecule has 0 aromatic rings. The number of carbonyl (C=O) groups is 3. The van der Waals surface area contributed by atoms with Gasteiger partial charge in [0, 0.05) is 36.7 Å². The molecule has 5 rings (SSSR count). The third kappa shape index (κ3) is 3.37. The predicted molar refractivity (Wildman–Crippen MR) is 125 cm³/mol. The Morgan fingerprint density at radius 3 is 2.42 bits per heavy atom. The topological polar surface area (TPSA) is 75.7 Å². The number of methoxy groups -OCH3 is 1. The van der Waals surface area contributed by atoms with E-state index in [1.165, 1.54) is 26.4 Å². The fraction of sp³-hybridized carbons (Fsp3) is 0.815. The normalized spacial score (nSPS) is 42.5. The summed E-state index contributed by atoms with van der Waals surface area (Å²) >= 11 is 0. The highest BCUT2D eigenvalue weighted by Gasteiger charge is 2.61. The number of esters is 1. The monoisotopic (exact) mass is 456 g/mol. The van der Waals surface area contributed by atoms with Crippen molar-refractivity contribution < 1.29 is 19.1 Å². The lowest BCUT2D eigenvalue weighted by Gasteiger charge is -2.61. The predicted octanol–water partition coefficient (Wildman–Crippen LogP) is 3.99. The molecule has 3 saturated carbocycles. The second-order valence-electron chi connectivity index (χ2n) is 11.9. The number of likely N-dealkylation sites (tertiary alicyclic amines) is 1. The van der Waals surface area contributed by atoms with Gasteiger partial charge in [0.2, 0.25) is 11.8 Å². The van der Waals surface area contributed by atoms with Crippen LogP contribution in [0.4, 0.5) is 0 Å². The minimum absolute atomic E-state index is 0.0509. The number of piperidine rings is 1. The van der Waals surface area contributed by atoms with Crippen molar-refractivity contribution in [2.75, 3.05) is 14.2 Å². The van der Waals surface area contributed by atoms with Gasteiger partial charge in [0.05, 0.1) is 7.11 Å². The lowest BCUT2D eigenvalue weighted by Crippen LogP contribution is -2.62. The van der Waals surface area contributed by atoms with Crippen LogP contribution in [0.3, 0.4) is 0 Å². The van der Waals surface area contributed by atoms with Crippen molar-refractivity contribution >= 4 is 17.8 Å². The second-order valence-corrected chi connectivity index (χ2v) is 11.9. The van der Waals surface area contributed by atoms with Gasteiger partial charge in [-0.25, -0.2) is 4.79 Å². The van der Waals surface area contributed by atoms with Crippen molar-refractivity contribution in [2.45, 2.75) is 96.6 Å². The number of hydrogen-bond donors (Lipinski definition) is 1. The van der Waals surface area contributed by atoms with E-state index in [1.807, 2.05) is 7.05 Å². The highest BCUT2D eigenvalue weighted by molar-refractivity contribution is 6.03. The summed E-state index contributed by atoms with van der Waals surface area (Å²) in [5, 5.41) is 3.39. The summed E-state index contributed by atoms with van der Waals surface area (Å²) in [7, 11) is 3.40. The van der Waals surface area contributed by atoms with E-state index in [2.05, 4.69) is 24.1 Å². The summed E-state index contributed by atoms with van der Waals surface area (Å²) < 4.78 is 4.92. The van der Waals surface area contributed by atoms with Crippen LogP contribution in [0.15, 0.2) is 11.1 Å². The van der Waals surface area contributed by atoms with E-state index in [-0.39, 0.29) is 28.7 Å². The van der Waals surface area contributed by atoms with Crippen molar-refractivity contribution in [3.05, 3.63) is 11.1 Å². The zero-order valence-corrected chi connectivity index (χ0v) is 20.7. The van der Waals surface area contributed by atoms with E-state index >= 15 is 0 Å². The van der Waals surface area contributed by atoms with Crippen molar-refractivity contribution in [1.82, 2.24) is 10.2 Å². The molecule has 2 unspecified atom stereocenters. The summed E-state index contributed by atoms with van der Waals surface area (Å²) in [6.45, 7) is 4.86. The molecule has 5 aliphatic rings. The van der Waals surface area contributed by atoms with Gasteiger partial charge in [-0.05, 0) is 92.8 Å². The second kappa shape index (κ2) is 8.13. The minimum Gasteiger partial charge on any atom is -0.466 e. The molecule has 0 bridgehead atoms. The maximum absolute atomic E-state index is 13.2. The van der Waals surface area contributed by atoms with Crippen molar-refractivity contribution in [3.63, 3.8) is 0 Å². The fourth-order valence-corrected chi connectivity index (χ4v) is 8.98. The minimum atomic E-state index is -0.352. The Morgan fingerprint density at radius 2 is 1.67 bits per heavy atom.